The zero-order valence-electron chi connectivity index (χ0n) is 9.88. The molecular weight excluding hydrogens is 310 g/mol. The van der Waals surface area contributed by atoms with Crippen molar-refractivity contribution in [2.45, 2.75) is 6.04 Å². The Morgan fingerprint density at radius 1 is 1.11 bits per heavy atom. The lowest BCUT2D eigenvalue weighted by Gasteiger charge is -2.17. The smallest absolute Gasteiger partial charge is 0.330 e. The van der Waals surface area contributed by atoms with Crippen molar-refractivity contribution in [1.29, 1.82) is 0 Å². The van der Waals surface area contributed by atoms with Gasteiger partial charge in [-0.1, -0.05) is 34.1 Å². The number of aromatic hydroxyl groups is 1. The van der Waals surface area contributed by atoms with Gasteiger partial charge in [0.1, 0.15) is 5.75 Å². The highest BCUT2D eigenvalue weighted by Crippen LogP contribution is 2.27. The Morgan fingerprint density at radius 2 is 1.74 bits per heavy atom. The molecule has 0 saturated heterocycles. The predicted octanol–water partition coefficient (Wildman–Crippen LogP) is 3.39. The first kappa shape index (κ1) is 13.4. The molecule has 1 unspecified atom stereocenters. The van der Waals surface area contributed by atoms with E-state index in [0.29, 0.717) is 11.3 Å². The fourth-order valence-electron chi connectivity index (χ4n) is 1.72. The quantitative estimate of drug-likeness (QED) is 0.807. The molecule has 0 aromatic heterocycles. The lowest BCUT2D eigenvalue weighted by Crippen LogP contribution is -2.20. The standard InChI is InChI=1S/C14H12BrNO3/c15-9-5-7-10(8-6-9)16-13(14(18)19)11-3-1-2-4-12(11)17/h1-8,13,16-17H,(H,18,19). The molecule has 0 aliphatic heterocycles. The number of phenols is 1. The normalized spacial score (nSPS) is 11.8. The van der Waals surface area contributed by atoms with Gasteiger partial charge in [-0.3, -0.25) is 0 Å². The maximum Gasteiger partial charge on any atom is 0.330 e. The molecule has 0 spiro atoms. The van der Waals surface area contributed by atoms with E-state index in [1.54, 1.807) is 30.3 Å². The van der Waals surface area contributed by atoms with Gasteiger partial charge in [0.15, 0.2) is 6.04 Å². The lowest BCUT2D eigenvalue weighted by atomic mass is 10.1. The molecule has 5 heteroatoms. The predicted molar refractivity (Wildman–Crippen MR) is 76.2 cm³/mol. The largest absolute Gasteiger partial charge is 0.508 e. The second-order valence-corrected chi connectivity index (χ2v) is 4.90. The molecule has 2 aromatic carbocycles. The van der Waals surface area contributed by atoms with Gasteiger partial charge in [0.25, 0.3) is 0 Å². The summed E-state index contributed by atoms with van der Waals surface area (Å²) < 4.78 is 0.910. The monoisotopic (exact) mass is 321 g/mol. The van der Waals surface area contributed by atoms with Gasteiger partial charge in [0.05, 0.1) is 0 Å². The van der Waals surface area contributed by atoms with Crippen LogP contribution in [-0.2, 0) is 4.79 Å². The van der Waals surface area contributed by atoms with Crippen molar-refractivity contribution in [3.05, 3.63) is 58.6 Å². The van der Waals surface area contributed by atoms with Crippen molar-refractivity contribution in [2.24, 2.45) is 0 Å². The average Bonchev–Trinajstić information content (AvgIpc) is 2.39. The van der Waals surface area contributed by atoms with Gasteiger partial charge in [-0.25, -0.2) is 4.79 Å². The van der Waals surface area contributed by atoms with Crippen LogP contribution in [0.15, 0.2) is 53.0 Å². The van der Waals surface area contributed by atoms with E-state index in [1.165, 1.54) is 6.07 Å². The first-order chi connectivity index (χ1) is 9.08. The Morgan fingerprint density at radius 3 is 2.32 bits per heavy atom. The first-order valence-electron chi connectivity index (χ1n) is 5.61. The minimum atomic E-state index is -1.05. The number of carboxylic acid groups (broad SMARTS) is 1. The molecule has 98 valence electrons. The molecule has 4 nitrogen and oxygen atoms in total. The summed E-state index contributed by atoms with van der Waals surface area (Å²) in [6.45, 7) is 0. The van der Waals surface area contributed by atoms with Gasteiger partial charge < -0.3 is 15.5 Å². The van der Waals surface area contributed by atoms with Crippen LogP contribution in [0, 0.1) is 0 Å². The number of benzene rings is 2. The second-order valence-electron chi connectivity index (χ2n) is 3.98. The Labute approximate surface area is 118 Å². The van der Waals surface area contributed by atoms with E-state index in [1.807, 2.05) is 12.1 Å². The number of hydrogen-bond donors (Lipinski definition) is 3. The zero-order chi connectivity index (χ0) is 13.8. The third-order valence-corrected chi connectivity index (χ3v) is 3.18. The van der Waals surface area contributed by atoms with Crippen molar-refractivity contribution < 1.29 is 15.0 Å². The van der Waals surface area contributed by atoms with Crippen molar-refractivity contribution in [3.63, 3.8) is 0 Å². The molecule has 1 atom stereocenters. The Hall–Kier alpha value is -2.01. The van der Waals surface area contributed by atoms with E-state index < -0.39 is 12.0 Å². The number of aliphatic carboxylic acids is 1. The van der Waals surface area contributed by atoms with E-state index >= 15 is 0 Å². The molecule has 0 radical (unpaired) electrons. The summed E-state index contributed by atoms with van der Waals surface area (Å²) in [5.74, 6) is -1.09. The number of rotatable bonds is 4. The Kier molecular flexibility index (Phi) is 4.06. The molecule has 0 heterocycles. The zero-order valence-corrected chi connectivity index (χ0v) is 11.5. The number of nitrogens with one attached hydrogen (secondary N) is 1. The first-order valence-corrected chi connectivity index (χ1v) is 6.40. The van der Waals surface area contributed by atoms with Crippen LogP contribution < -0.4 is 5.32 Å². The molecule has 0 aliphatic rings. The van der Waals surface area contributed by atoms with Gasteiger partial charge in [-0.15, -0.1) is 0 Å². The van der Waals surface area contributed by atoms with Crippen LogP contribution >= 0.6 is 15.9 Å². The second kappa shape index (κ2) is 5.75. The van der Waals surface area contributed by atoms with Crippen molar-refractivity contribution in [2.75, 3.05) is 5.32 Å². The van der Waals surface area contributed by atoms with E-state index in [4.69, 9.17) is 0 Å². The molecule has 2 rings (SSSR count). The molecule has 3 N–H and O–H groups in total. The highest BCUT2D eigenvalue weighted by atomic mass is 79.9. The maximum atomic E-state index is 11.3. The number of hydrogen-bond acceptors (Lipinski definition) is 3. The summed E-state index contributed by atoms with van der Waals surface area (Å²) in [4.78, 5) is 11.3. The van der Waals surface area contributed by atoms with Crippen LogP contribution in [0.25, 0.3) is 0 Å². The SMILES string of the molecule is O=C(O)C(Nc1ccc(Br)cc1)c1ccccc1O. The Bertz CT molecular complexity index is 583. The van der Waals surface area contributed by atoms with E-state index in [9.17, 15) is 15.0 Å². The highest BCUT2D eigenvalue weighted by molar-refractivity contribution is 9.10. The molecule has 0 bridgehead atoms. The van der Waals surface area contributed by atoms with Crippen LogP contribution in [0.2, 0.25) is 0 Å². The number of halogens is 1. The third-order valence-electron chi connectivity index (χ3n) is 2.65. The number of carbonyl (C=O) groups is 1. The van der Waals surface area contributed by atoms with Gasteiger partial charge in [-0.05, 0) is 30.3 Å². The summed E-state index contributed by atoms with van der Waals surface area (Å²) in [5, 5.41) is 21.9. The van der Waals surface area contributed by atoms with Crippen LogP contribution in [0.3, 0.4) is 0 Å². The molecule has 0 aliphatic carbocycles. The summed E-state index contributed by atoms with van der Waals surface area (Å²) in [6, 6.07) is 12.5. The summed E-state index contributed by atoms with van der Waals surface area (Å²) >= 11 is 3.31. The highest BCUT2D eigenvalue weighted by Gasteiger charge is 2.22. The molecule has 0 amide bonds. The molecule has 19 heavy (non-hydrogen) atoms. The fourth-order valence-corrected chi connectivity index (χ4v) is 1.98. The van der Waals surface area contributed by atoms with Crippen molar-refractivity contribution in [3.8, 4) is 5.75 Å². The van der Waals surface area contributed by atoms with E-state index in [2.05, 4.69) is 21.2 Å². The maximum absolute atomic E-state index is 11.3. The summed E-state index contributed by atoms with van der Waals surface area (Å²) in [6.07, 6.45) is 0. The lowest BCUT2D eigenvalue weighted by molar-refractivity contribution is -0.138. The minimum absolute atomic E-state index is 0.0421. The van der Waals surface area contributed by atoms with Crippen molar-refractivity contribution in [1.82, 2.24) is 0 Å². The molecule has 2 aromatic rings. The van der Waals surface area contributed by atoms with E-state index in [-0.39, 0.29) is 5.75 Å². The van der Waals surface area contributed by atoms with Crippen LogP contribution in [-0.4, -0.2) is 16.2 Å². The topological polar surface area (TPSA) is 69.6 Å². The van der Waals surface area contributed by atoms with Crippen LogP contribution in [0.1, 0.15) is 11.6 Å². The summed E-state index contributed by atoms with van der Waals surface area (Å²) in [7, 11) is 0. The number of phenolic OH excluding ortho intramolecular Hbond substituents is 1. The third kappa shape index (κ3) is 3.26. The fraction of sp³-hybridized carbons (Fsp3) is 0.0714. The number of carboxylic acids is 1. The molecule has 0 fully saturated rings. The van der Waals surface area contributed by atoms with Crippen molar-refractivity contribution >= 4 is 27.6 Å². The molecular formula is C14H12BrNO3. The minimum Gasteiger partial charge on any atom is -0.508 e. The van der Waals surface area contributed by atoms with Gasteiger partial charge in [-0.2, -0.15) is 0 Å². The van der Waals surface area contributed by atoms with Gasteiger partial charge in [0.2, 0.25) is 0 Å². The summed E-state index contributed by atoms with van der Waals surface area (Å²) in [5.41, 5.74) is 0.997. The van der Waals surface area contributed by atoms with E-state index in [0.717, 1.165) is 4.47 Å². The molecule has 0 saturated carbocycles. The Balaban J connectivity index is 2.29. The van der Waals surface area contributed by atoms with Gasteiger partial charge in [0, 0.05) is 15.7 Å². The number of para-hydroxylation sites is 1. The van der Waals surface area contributed by atoms with Crippen LogP contribution in [0.5, 0.6) is 5.75 Å². The van der Waals surface area contributed by atoms with Gasteiger partial charge >= 0.3 is 5.97 Å². The number of anilines is 1. The average molecular weight is 322 g/mol. The van der Waals surface area contributed by atoms with Crippen LogP contribution in [0.4, 0.5) is 5.69 Å².